The van der Waals surface area contributed by atoms with Crippen LogP contribution in [0.15, 0.2) is 43.2 Å². The minimum Gasteiger partial charge on any atom is -0.489 e. The highest BCUT2D eigenvalue weighted by atomic mass is 19.1. The normalized spacial score (nSPS) is 20.4. The first kappa shape index (κ1) is 18.0. The summed E-state index contributed by atoms with van der Waals surface area (Å²) in [5.74, 6) is 1.32. The SMILES string of the molecule is C=C1NC[C@@H](C)Oc2ccc(F)cc2C2(CC2)N(CC)c2ccn3ncc1c3n2. The van der Waals surface area contributed by atoms with Gasteiger partial charge in [-0.05, 0) is 51.0 Å². The number of hydrogen-bond donors (Lipinski definition) is 1. The highest BCUT2D eigenvalue weighted by Gasteiger charge is 2.51. The first-order chi connectivity index (χ1) is 14.0. The molecule has 0 unspecified atom stereocenters. The lowest BCUT2D eigenvalue weighted by molar-refractivity contribution is 0.219. The van der Waals surface area contributed by atoms with Gasteiger partial charge in [0.1, 0.15) is 23.5 Å². The van der Waals surface area contributed by atoms with Crippen LogP contribution in [-0.4, -0.2) is 33.8 Å². The largest absolute Gasteiger partial charge is 0.489 e. The molecule has 1 fully saturated rings. The van der Waals surface area contributed by atoms with Crippen molar-refractivity contribution in [1.29, 1.82) is 0 Å². The topological polar surface area (TPSA) is 54.7 Å². The number of benzene rings is 1. The standard InChI is InChI=1S/C22H24FN5O/c1-4-27-20-7-10-28-21(26-20)17(13-25-28)15(3)24-12-14(2)29-19-6-5-16(23)11-18(19)22(27)8-9-22/h5-7,10-11,13-14,24H,3-4,8-9,12H2,1-2H3/t14-/m1/s1. The molecule has 2 bridgehead atoms. The monoisotopic (exact) mass is 393 g/mol. The van der Waals surface area contributed by atoms with Gasteiger partial charge < -0.3 is 15.0 Å². The molecular formula is C22H24FN5O. The predicted octanol–water partition coefficient (Wildman–Crippen LogP) is 3.73. The van der Waals surface area contributed by atoms with E-state index in [9.17, 15) is 4.39 Å². The molecule has 1 spiro atoms. The van der Waals surface area contributed by atoms with Crippen LogP contribution in [0.5, 0.6) is 5.75 Å². The number of anilines is 1. The summed E-state index contributed by atoms with van der Waals surface area (Å²) in [6.45, 7) is 9.57. The second-order valence-corrected chi connectivity index (χ2v) is 7.82. The van der Waals surface area contributed by atoms with Crippen molar-refractivity contribution in [2.24, 2.45) is 0 Å². The molecule has 3 aromatic rings. The van der Waals surface area contributed by atoms with Gasteiger partial charge in [-0.25, -0.2) is 13.9 Å². The molecule has 2 aromatic heterocycles. The molecule has 1 saturated carbocycles. The maximum Gasteiger partial charge on any atom is 0.166 e. The fourth-order valence-electron chi connectivity index (χ4n) is 4.30. The van der Waals surface area contributed by atoms with Gasteiger partial charge in [-0.15, -0.1) is 0 Å². The molecular weight excluding hydrogens is 369 g/mol. The second kappa shape index (κ2) is 6.47. The van der Waals surface area contributed by atoms with Gasteiger partial charge in [0.15, 0.2) is 5.65 Å². The van der Waals surface area contributed by atoms with Crippen LogP contribution in [-0.2, 0) is 5.54 Å². The lowest BCUT2D eigenvalue weighted by Crippen LogP contribution is -2.37. The zero-order valence-corrected chi connectivity index (χ0v) is 16.7. The molecule has 5 rings (SSSR count). The summed E-state index contributed by atoms with van der Waals surface area (Å²) in [7, 11) is 0. The van der Waals surface area contributed by atoms with E-state index in [1.54, 1.807) is 22.8 Å². The Morgan fingerprint density at radius 2 is 2.17 bits per heavy atom. The van der Waals surface area contributed by atoms with E-state index in [0.717, 1.165) is 53.4 Å². The Labute approximate surface area is 169 Å². The van der Waals surface area contributed by atoms with Gasteiger partial charge in [-0.2, -0.15) is 5.10 Å². The van der Waals surface area contributed by atoms with E-state index in [0.29, 0.717) is 6.54 Å². The summed E-state index contributed by atoms with van der Waals surface area (Å²) in [4.78, 5) is 7.18. The Morgan fingerprint density at radius 1 is 1.34 bits per heavy atom. The Bertz CT molecular complexity index is 1100. The highest BCUT2D eigenvalue weighted by molar-refractivity contribution is 5.74. The summed E-state index contributed by atoms with van der Waals surface area (Å²) in [5.41, 5.74) is 2.95. The van der Waals surface area contributed by atoms with Crippen molar-refractivity contribution in [2.75, 3.05) is 18.0 Å². The molecule has 150 valence electrons. The molecule has 3 heterocycles. The summed E-state index contributed by atoms with van der Waals surface area (Å²) >= 11 is 0. The van der Waals surface area contributed by atoms with Crippen molar-refractivity contribution < 1.29 is 9.13 Å². The van der Waals surface area contributed by atoms with Crippen molar-refractivity contribution in [3.63, 3.8) is 0 Å². The van der Waals surface area contributed by atoms with Gasteiger partial charge in [0.05, 0.1) is 23.8 Å². The maximum absolute atomic E-state index is 14.3. The molecule has 1 atom stereocenters. The molecule has 2 aliphatic rings. The molecule has 1 aliphatic heterocycles. The maximum atomic E-state index is 14.3. The molecule has 1 N–H and O–H groups in total. The number of rotatable bonds is 1. The molecule has 29 heavy (non-hydrogen) atoms. The summed E-state index contributed by atoms with van der Waals surface area (Å²) < 4.78 is 22.3. The minimum absolute atomic E-state index is 0.121. The van der Waals surface area contributed by atoms with Crippen molar-refractivity contribution in [3.05, 3.63) is 60.2 Å². The van der Waals surface area contributed by atoms with E-state index in [4.69, 9.17) is 9.72 Å². The average Bonchev–Trinajstić information content (AvgIpc) is 3.39. The zero-order valence-electron chi connectivity index (χ0n) is 16.7. The third-order valence-corrected chi connectivity index (χ3v) is 5.89. The number of halogens is 1. The van der Waals surface area contributed by atoms with Crippen LogP contribution in [0.2, 0.25) is 0 Å². The molecule has 1 aromatic carbocycles. The van der Waals surface area contributed by atoms with Crippen molar-refractivity contribution in [3.8, 4) is 5.75 Å². The van der Waals surface area contributed by atoms with E-state index in [1.165, 1.54) is 6.07 Å². The Hall–Kier alpha value is -3.09. The molecule has 0 amide bonds. The number of nitrogens with zero attached hydrogens (tertiary/aromatic N) is 4. The van der Waals surface area contributed by atoms with Crippen LogP contribution in [0.3, 0.4) is 0 Å². The lowest BCUT2D eigenvalue weighted by atomic mass is 10.0. The van der Waals surface area contributed by atoms with Gasteiger partial charge in [0, 0.05) is 24.0 Å². The Morgan fingerprint density at radius 3 is 2.93 bits per heavy atom. The minimum atomic E-state index is -0.310. The molecule has 0 radical (unpaired) electrons. The number of fused-ring (bicyclic) bond motifs is 3. The molecule has 7 heteroatoms. The first-order valence-corrected chi connectivity index (χ1v) is 10.0. The summed E-state index contributed by atoms with van der Waals surface area (Å²) in [6.07, 6.45) is 5.43. The molecule has 6 nitrogen and oxygen atoms in total. The Balaban J connectivity index is 1.72. The van der Waals surface area contributed by atoms with Gasteiger partial charge in [-0.3, -0.25) is 0 Å². The van der Waals surface area contributed by atoms with Crippen LogP contribution in [0.4, 0.5) is 10.2 Å². The van der Waals surface area contributed by atoms with Gasteiger partial charge in [0.25, 0.3) is 0 Å². The van der Waals surface area contributed by atoms with E-state index in [1.807, 2.05) is 19.2 Å². The highest BCUT2D eigenvalue weighted by Crippen LogP contribution is 2.55. The second-order valence-electron chi connectivity index (χ2n) is 7.82. The van der Waals surface area contributed by atoms with Crippen molar-refractivity contribution >= 4 is 17.2 Å². The van der Waals surface area contributed by atoms with Crippen molar-refractivity contribution in [2.45, 2.75) is 38.3 Å². The van der Waals surface area contributed by atoms with Crippen LogP contribution < -0.4 is 15.0 Å². The van der Waals surface area contributed by atoms with E-state index >= 15 is 0 Å². The third kappa shape index (κ3) is 2.84. The molecule has 1 aliphatic carbocycles. The van der Waals surface area contributed by atoms with Crippen LogP contribution in [0.1, 0.15) is 37.8 Å². The fraction of sp³-hybridized carbons (Fsp3) is 0.364. The van der Waals surface area contributed by atoms with Crippen molar-refractivity contribution in [1.82, 2.24) is 19.9 Å². The summed E-state index contributed by atoms with van der Waals surface area (Å²) in [6, 6.07) is 6.79. The van der Waals surface area contributed by atoms with E-state index in [2.05, 4.69) is 28.8 Å². The number of nitrogens with one attached hydrogen (secondary N) is 1. The number of ether oxygens (including phenoxy) is 1. The van der Waals surface area contributed by atoms with Crippen LogP contribution in [0.25, 0.3) is 11.3 Å². The summed E-state index contributed by atoms with van der Waals surface area (Å²) in [5, 5.41) is 7.74. The molecule has 0 saturated heterocycles. The zero-order chi connectivity index (χ0) is 20.2. The van der Waals surface area contributed by atoms with E-state index in [-0.39, 0.29) is 17.5 Å². The predicted molar refractivity (Wildman–Crippen MR) is 110 cm³/mol. The van der Waals surface area contributed by atoms with Gasteiger partial charge in [-0.1, -0.05) is 6.58 Å². The van der Waals surface area contributed by atoms with Gasteiger partial charge in [0.2, 0.25) is 0 Å². The van der Waals surface area contributed by atoms with Gasteiger partial charge >= 0.3 is 0 Å². The Kier molecular flexibility index (Phi) is 4.01. The smallest absolute Gasteiger partial charge is 0.166 e. The third-order valence-electron chi connectivity index (χ3n) is 5.89. The average molecular weight is 393 g/mol. The number of aromatic nitrogens is 3. The van der Waals surface area contributed by atoms with E-state index < -0.39 is 0 Å². The quantitative estimate of drug-likeness (QED) is 0.683. The van der Waals surface area contributed by atoms with Crippen LogP contribution in [0, 0.1) is 5.82 Å². The van der Waals surface area contributed by atoms with Crippen LogP contribution >= 0.6 is 0 Å². The first-order valence-electron chi connectivity index (χ1n) is 10.0. The lowest BCUT2D eigenvalue weighted by Gasteiger charge is -2.34. The fourth-order valence-corrected chi connectivity index (χ4v) is 4.30. The number of hydrogen-bond acceptors (Lipinski definition) is 5.